The molecule has 1 unspecified atom stereocenters. The molecule has 1 heterocycles. The Hall–Kier alpha value is -2.60. The third-order valence-electron chi connectivity index (χ3n) is 4.63. The van der Waals surface area contributed by atoms with Crippen LogP contribution in [-0.2, 0) is 11.8 Å². The van der Waals surface area contributed by atoms with Gasteiger partial charge in [0.25, 0.3) is 0 Å². The Morgan fingerprint density at radius 3 is 2.48 bits per heavy atom. The molecular weight excluding hydrogens is 356 g/mol. The number of carbonyl (C=O) groups excluding carboxylic acids is 1. The lowest BCUT2D eigenvalue weighted by atomic mass is 10.1. The van der Waals surface area contributed by atoms with E-state index in [0.717, 1.165) is 34.9 Å². The van der Waals surface area contributed by atoms with Crippen molar-refractivity contribution in [1.82, 2.24) is 20.1 Å². The second-order valence-electron chi connectivity index (χ2n) is 6.92. The fraction of sp³-hybridized carbons (Fsp3) is 0.286. The average molecular weight is 379 g/mol. The van der Waals surface area contributed by atoms with Gasteiger partial charge in [0.1, 0.15) is 5.25 Å². The van der Waals surface area contributed by atoms with Gasteiger partial charge in [-0.1, -0.05) is 71.9 Å². The molecule has 1 fully saturated rings. The maximum Gasteiger partial charge on any atom is 0.238 e. The zero-order chi connectivity index (χ0) is 18.8. The molecule has 0 spiro atoms. The van der Waals surface area contributed by atoms with Gasteiger partial charge < -0.3 is 9.88 Å². The lowest BCUT2D eigenvalue weighted by Crippen LogP contribution is -2.29. The van der Waals surface area contributed by atoms with Gasteiger partial charge in [-0.15, -0.1) is 10.2 Å². The first kappa shape index (κ1) is 17.8. The number of carbonyl (C=O) groups is 1. The van der Waals surface area contributed by atoms with Crippen molar-refractivity contribution in [3.63, 3.8) is 0 Å². The second kappa shape index (κ2) is 7.56. The zero-order valence-corrected chi connectivity index (χ0v) is 16.2. The molecule has 138 valence electrons. The normalized spacial score (nSPS) is 14.7. The van der Waals surface area contributed by atoms with E-state index in [1.54, 1.807) is 0 Å². The number of nitrogens with one attached hydrogen (secondary N) is 1. The van der Waals surface area contributed by atoms with E-state index in [1.807, 2.05) is 54.1 Å². The molecule has 0 bridgehead atoms. The smallest absolute Gasteiger partial charge is 0.238 e. The molecule has 2 aromatic carbocycles. The molecule has 1 saturated carbocycles. The van der Waals surface area contributed by atoms with Crippen molar-refractivity contribution < 1.29 is 4.79 Å². The van der Waals surface area contributed by atoms with Crippen LogP contribution >= 0.6 is 11.8 Å². The predicted molar refractivity (Wildman–Crippen MR) is 107 cm³/mol. The van der Waals surface area contributed by atoms with Crippen LogP contribution in [-0.4, -0.2) is 26.7 Å². The highest BCUT2D eigenvalue weighted by Crippen LogP contribution is 2.36. The molecule has 0 saturated heterocycles. The summed E-state index contributed by atoms with van der Waals surface area (Å²) in [5.74, 6) is 0.834. The van der Waals surface area contributed by atoms with Crippen LogP contribution in [0.4, 0.5) is 0 Å². The van der Waals surface area contributed by atoms with Crippen LogP contribution in [0.15, 0.2) is 59.8 Å². The third kappa shape index (κ3) is 4.06. The van der Waals surface area contributed by atoms with Crippen LogP contribution < -0.4 is 5.32 Å². The van der Waals surface area contributed by atoms with Gasteiger partial charge in [-0.2, -0.15) is 0 Å². The van der Waals surface area contributed by atoms with Crippen LogP contribution in [0, 0.1) is 6.92 Å². The van der Waals surface area contributed by atoms with Gasteiger partial charge in [-0.3, -0.25) is 4.79 Å². The highest BCUT2D eigenvalue weighted by molar-refractivity contribution is 8.00. The first-order valence-electron chi connectivity index (χ1n) is 9.10. The maximum absolute atomic E-state index is 12.8. The molecule has 1 N–H and O–H groups in total. The Kier molecular flexibility index (Phi) is 4.99. The number of hydrogen-bond donors (Lipinski definition) is 1. The number of nitrogens with zero attached hydrogens (tertiary/aromatic N) is 3. The van der Waals surface area contributed by atoms with Crippen molar-refractivity contribution in [2.75, 3.05) is 0 Å². The largest absolute Gasteiger partial charge is 0.352 e. The molecule has 0 radical (unpaired) electrons. The number of amides is 1. The number of aryl methyl sites for hydroxylation is 1. The summed E-state index contributed by atoms with van der Waals surface area (Å²) in [7, 11) is 1.94. The van der Waals surface area contributed by atoms with Gasteiger partial charge in [0.2, 0.25) is 5.91 Å². The van der Waals surface area contributed by atoms with Gasteiger partial charge >= 0.3 is 0 Å². The summed E-state index contributed by atoms with van der Waals surface area (Å²) in [6.07, 6.45) is 2.14. The first-order valence-corrected chi connectivity index (χ1v) is 9.98. The monoisotopic (exact) mass is 378 g/mol. The Morgan fingerprint density at radius 1 is 1.11 bits per heavy atom. The fourth-order valence-corrected chi connectivity index (χ4v) is 3.89. The van der Waals surface area contributed by atoms with E-state index >= 15 is 0 Å². The minimum absolute atomic E-state index is 0.0357. The highest BCUT2D eigenvalue weighted by atomic mass is 32.2. The predicted octanol–water partition coefficient (Wildman–Crippen LogP) is 3.90. The van der Waals surface area contributed by atoms with Crippen molar-refractivity contribution >= 4 is 17.7 Å². The van der Waals surface area contributed by atoms with Crippen LogP contribution in [0.5, 0.6) is 0 Å². The molecule has 27 heavy (non-hydrogen) atoms. The molecule has 5 nitrogen and oxygen atoms in total. The Labute approximate surface area is 163 Å². The second-order valence-corrected chi connectivity index (χ2v) is 7.99. The number of rotatable bonds is 6. The van der Waals surface area contributed by atoms with Gasteiger partial charge in [-0.05, 0) is 25.3 Å². The van der Waals surface area contributed by atoms with E-state index in [0.29, 0.717) is 6.04 Å². The topological polar surface area (TPSA) is 59.8 Å². The average Bonchev–Trinajstić information content (AvgIpc) is 3.42. The van der Waals surface area contributed by atoms with Gasteiger partial charge in [0.15, 0.2) is 11.0 Å². The number of thioether (sulfide) groups is 1. The van der Waals surface area contributed by atoms with E-state index in [1.165, 1.54) is 17.3 Å². The Morgan fingerprint density at radius 2 is 1.81 bits per heavy atom. The Balaban J connectivity index is 1.61. The fourth-order valence-electron chi connectivity index (χ4n) is 2.88. The van der Waals surface area contributed by atoms with Crippen LogP contribution in [0.2, 0.25) is 0 Å². The number of benzene rings is 2. The molecule has 3 aromatic rings. The summed E-state index contributed by atoms with van der Waals surface area (Å²) in [5.41, 5.74) is 3.19. The maximum atomic E-state index is 12.8. The van der Waals surface area contributed by atoms with Crippen molar-refractivity contribution in [2.24, 2.45) is 7.05 Å². The summed E-state index contributed by atoms with van der Waals surface area (Å²) in [4.78, 5) is 12.8. The first-order chi connectivity index (χ1) is 13.1. The summed E-state index contributed by atoms with van der Waals surface area (Å²) in [6, 6.07) is 18.4. The Bertz CT molecular complexity index is 933. The minimum Gasteiger partial charge on any atom is -0.352 e. The molecule has 4 rings (SSSR count). The molecule has 1 aromatic heterocycles. The molecule has 1 aliphatic carbocycles. The van der Waals surface area contributed by atoms with Crippen molar-refractivity contribution in [3.8, 4) is 11.4 Å². The van der Waals surface area contributed by atoms with Crippen molar-refractivity contribution in [1.29, 1.82) is 0 Å². The van der Waals surface area contributed by atoms with E-state index in [9.17, 15) is 4.79 Å². The van der Waals surface area contributed by atoms with E-state index in [4.69, 9.17) is 0 Å². The zero-order valence-electron chi connectivity index (χ0n) is 15.4. The van der Waals surface area contributed by atoms with Gasteiger partial charge in [-0.25, -0.2) is 0 Å². The summed E-state index contributed by atoms with van der Waals surface area (Å²) in [6.45, 7) is 2.06. The summed E-state index contributed by atoms with van der Waals surface area (Å²) < 4.78 is 1.95. The minimum atomic E-state index is -0.347. The third-order valence-corrected chi connectivity index (χ3v) is 5.92. The SMILES string of the molecule is Cc1ccc(-c2nnc(SC(C(=O)NC3CC3)c3ccccc3)n2C)cc1. The van der Waals surface area contributed by atoms with Crippen molar-refractivity contribution in [3.05, 3.63) is 65.7 Å². The lowest BCUT2D eigenvalue weighted by Gasteiger charge is -2.16. The van der Waals surface area contributed by atoms with Gasteiger partial charge in [0, 0.05) is 18.7 Å². The molecule has 1 aliphatic rings. The summed E-state index contributed by atoms with van der Waals surface area (Å²) >= 11 is 1.44. The molecular formula is C21H22N4OS. The summed E-state index contributed by atoms with van der Waals surface area (Å²) in [5, 5.41) is 12.2. The number of hydrogen-bond acceptors (Lipinski definition) is 4. The molecule has 6 heteroatoms. The molecule has 1 amide bonds. The highest BCUT2D eigenvalue weighted by Gasteiger charge is 2.30. The van der Waals surface area contributed by atoms with Crippen LogP contribution in [0.25, 0.3) is 11.4 Å². The van der Waals surface area contributed by atoms with E-state index in [2.05, 4.69) is 34.6 Å². The quantitative estimate of drug-likeness (QED) is 0.661. The van der Waals surface area contributed by atoms with E-state index < -0.39 is 0 Å². The van der Waals surface area contributed by atoms with E-state index in [-0.39, 0.29) is 11.2 Å². The lowest BCUT2D eigenvalue weighted by molar-refractivity contribution is -0.120. The van der Waals surface area contributed by atoms with Crippen molar-refractivity contribution in [2.45, 2.75) is 36.2 Å². The molecule has 1 atom stereocenters. The van der Waals surface area contributed by atoms with Crippen LogP contribution in [0.3, 0.4) is 0 Å². The standard InChI is InChI=1S/C21H22N4OS/c1-14-8-10-16(11-9-14)19-23-24-21(25(19)2)27-18(15-6-4-3-5-7-15)20(26)22-17-12-13-17/h3-11,17-18H,12-13H2,1-2H3,(H,22,26). The van der Waals surface area contributed by atoms with Gasteiger partial charge in [0.05, 0.1) is 0 Å². The number of aromatic nitrogens is 3. The van der Waals surface area contributed by atoms with Crippen LogP contribution in [0.1, 0.15) is 29.2 Å². The molecule has 0 aliphatic heterocycles.